The highest BCUT2D eigenvalue weighted by atomic mass is 19.4. The van der Waals surface area contributed by atoms with Crippen molar-refractivity contribution in [2.24, 2.45) is 0 Å². The molecule has 0 aliphatic rings. The Balaban J connectivity index is 2.14. The first-order valence-electron chi connectivity index (χ1n) is 7.32. The highest BCUT2D eigenvalue weighted by Crippen LogP contribution is 2.37. The van der Waals surface area contributed by atoms with Crippen LogP contribution in [0, 0.1) is 11.3 Å². The van der Waals surface area contributed by atoms with E-state index in [0.29, 0.717) is 12.1 Å². The molecule has 1 amide bonds. The number of rotatable bonds is 4. The van der Waals surface area contributed by atoms with Crippen LogP contribution in [-0.2, 0) is 17.1 Å². The van der Waals surface area contributed by atoms with Gasteiger partial charge in [0.05, 0.1) is 29.3 Å². The minimum atomic E-state index is -4.97. The van der Waals surface area contributed by atoms with Crippen LogP contribution in [0.25, 0.3) is 0 Å². The number of halogens is 6. The summed E-state index contributed by atoms with van der Waals surface area (Å²) in [4.78, 5) is 11.8. The number of hydrogen-bond acceptors (Lipinski definition) is 3. The van der Waals surface area contributed by atoms with Crippen molar-refractivity contribution in [3.63, 3.8) is 0 Å². The van der Waals surface area contributed by atoms with E-state index in [1.54, 1.807) is 0 Å². The molecule has 0 saturated carbocycles. The van der Waals surface area contributed by atoms with Crippen LogP contribution in [0.4, 0.5) is 37.7 Å². The van der Waals surface area contributed by atoms with Gasteiger partial charge < -0.3 is 10.6 Å². The Hall–Kier alpha value is -3.22. The zero-order valence-electron chi connectivity index (χ0n) is 13.4. The van der Waals surface area contributed by atoms with E-state index in [9.17, 15) is 31.1 Å². The maximum Gasteiger partial charge on any atom is 0.416 e. The third kappa shape index (κ3) is 5.64. The zero-order valence-corrected chi connectivity index (χ0v) is 13.4. The Morgan fingerprint density at radius 3 is 2.04 bits per heavy atom. The molecule has 27 heavy (non-hydrogen) atoms. The fourth-order valence-electron chi connectivity index (χ4n) is 2.11. The minimum Gasteiger partial charge on any atom is -0.376 e. The molecular weight excluding hydrogens is 376 g/mol. The Bertz CT molecular complexity index is 851. The van der Waals surface area contributed by atoms with Gasteiger partial charge in [0.25, 0.3) is 0 Å². The van der Waals surface area contributed by atoms with Crippen LogP contribution in [0.5, 0.6) is 0 Å². The normalized spacial score (nSPS) is 11.6. The Morgan fingerprint density at radius 1 is 0.926 bits per heavy atom. The Labute approximate surface area is 149 Å². The SMILES string of the molecule is N#Cc1cccc(NC(=O)CNc2cc(C(F)(F)F)cc(C(F)(F)F)c2)c1. The molecular formula is C17H11F6N3O. The first-order valence-corrected chi connectivity index (χ1v) is 7.32. The molecule has 0 unspecified atom stereocenters. The van der Waals surface area contributed by atoms with Crippen molar-refractivity contribution in [3.8, 4) is 6.07 Å². The summed E-state index contributed by atoms with van der Waals surface area (Å²) in [7, 11) is 0. The number of nitriles is 1. The second kappa shape index (κ2) is 7.57. The van der Waals surface area contributed by atoms with Gasteiger partial charge in [0.1, 0.15) is 0 Å². The molecule has 2 N–H and O–H groups in total. The third-order valence-corrected chi connectivity index (χ3v) is 3.32. The molecule has 10 heteroatoms. The highest BCUT2D eigenvalue weighted by Gasteiger charge is 2.36. The number of carbonyl (C=O) groups excluding carboxylic acids is 1. The van der Waals surface area contributed by atoms with E-state index in [0.717, 1.165) is 0 Å². The summed E-state index contributed by atoms with van der Waals surface area (Å²) in [6.07, 6.45) is -9.95. The monoisotopic (exact) mass is 387 g/mol. The van der Waals surface area contributed by atoms with Crippen molar-refractivity contribution in [3.05, 3.63) is 59.2 Å². The number of hydrogen-bond donors (Lipinski definition) is 2. The highest BCUT2D eigenvalue weighted by molar-refractivity contribution is 5.93. The van der Waals surface area contributed by atoms with Crippen LogP contribution in [-0.4, -0.2) is 12.5 Å². The topological polar surface area (TPSA) is 64.9 Å². The lowest BCUT2D eigenvalue weighted by molar-refractivity contribution is -0.143. The summed E-state index contributed by atoms with van der Waals surface area (Å²) in [6.45, 7) is -0.574. The standard InChI is InChI=1S/C17H11F6N3O/c18-16(19,20)11-5-12(17(21,22)23)7-14(6-11)25-9-15(27)26-13-3-1-2-10(4-13)8-24/h1-7,25H,9H2,(H,26,27). The van der Waals surface area contributed by atoms with Gasteiger partial charge in [-0.3, -0.25) is 4.79 Å². The van der Waals surface area contributed by atoms with Crippen molar-refractivity contribution in [2.45, 2.75) is 12.4 Å². The molecule has 0 radical (unpaired) electrons. The molecule has 0 bridgehead atoms. The number of benzene rings is 2. The number of nitrogens with one attached hydrogen (secondary N) is 2. The smallest absolute Gasteiger partial charge is 0.376 e. The van der Waals surface area contributed by atoms with Crippen molar-refractivity contribution in [2.75, 3.05) is 17.2 Å². The van der Waals surface area contributed by atoms with E-state index in [-0.39, 0.29) is 17.3 Å². The molecule has 2 rings (SSSR count). The second-order valence-electron chi connectivity index (χ2n) is 5.39. The van der Waals surface area contributed by atoms with Gasteiger partial charge in [0.2, 0.25) is 5.91 Å². The third-order valence-electron chi connectivity index (χ3n) is 3.32. The second-order valence-corrected chi connectivity index (χ2v) is 5.39. The van der Waals surface area contributed by atoms with Gasteiger partial charge >= 0.3 is 12.4 Å². The fourth-order valence-corrected chi connectivity index (χ4v) is 2.11. The van der Waals surface area contributed by atoms with Gasteiger partial charge in [-0.1, -0.05) is 6.07 Å². The molecule has 0 fully saturated rings. The largest absolute Gasteiger partial charge is 0.416 e. The maximum absolute atomic E-state index is 12.8. The molecule has 0 saturated heterocycles. The average Bonchev–Trinajstić information content (AvgIpc) is 2.58. The van der Waals surface area contributed by atoms with E-state index < -0.39 is 41.6 Å². The summed E-state index contributed by atoms with van der Waals surface area (Å²) in [5.74, 6) is -0.712. The lowest BCUT2D eigenvalue weighted by Crippen LogP contribution is -2.22. The van der Waals surface area contributed by atoms with E-state index >= 15 is 0 Å². The van der Waals surface area contributed by atoms with Gasteiger partial charge in [-0.25, -0.2) is 0 Å². The van der Waals surface area contributed by atoms with E-state index in [4.69, 9.17) is 5.26 Å². The molecule has 0 aromatic heterocycles. The van der Waals surface area contributed by atoms with Gasteiger partial charge in [-0.05, 0) is 36.4 Å². The Morgan fingerprint density at radius 2 is 1.52 bits per heavy atom. The predicted molar refractivity (Wildman–Crippen MR) is 84.7 cm³/mol. The number of carbonyl (C=O) groups is 1. The number of nitrogens with zero attached hydrogens (tertiary/aromatic N) is 1. The molecule has 0 atom stereocenters. The predicted octanol–water partition coefficient (Wildman–Crippen LogP) is 4.65. The van der Waals surface area contributed by atoms with E-state index in [1.165, 1.54) is 24.3 Å². The van der Waals surface area contributed by atoms with Gasteiger partial charge in [-0.15, -0.1) is 0 Å². The van der Waals surface area contributed by atoms with Crippen LogP contribution in [0.3, 0.4) is 0 Å². The minimum absolute atomic E-state index is 0.00135. The van der Waals surface area contributed by atoms with Crippen LogP contribution < -0.4 is 10.6 Å². The molecule has 4 nitrogen and oxygen atoms in total. The number of alkyl halides is 6. The average molecular weight is 387 g/mol. The van der Waals surface area contributed by atoms with Crippen molar-refractivity contribution in [1.82, 2.24) is 0 Å². The van der Waals surface area contributed by atoms with E-state index in [1.807, 2.05) is 6.07 Å². The summed E-state index contributed by atoms with van der Waals surface area (Å²) in [5.41, 5.74) is -2.93. The Kier molecular flexibility index (Phi) is 5.64. The number of amides is 1. The first-order chi connectivity index (χ1) is 12.5. The zero-order chi connectivity index (χ0) is 20.2. The fraction of sp³-hybridized carbons (Fsp3) is 0.176. The van der Waals surface area contributed by atoms with E-state index in [2.05, 4.69) is 10.6 Å². The number of anilines is 2. The van der Waals surface area contributed by atoms with Crippen LogP contribution >= 0.6 is 0 Å². The first kappa shape index (κ1) is 20.1. The molecule has 0 spiro atoms. The van der Waals surface area contributed by atoms with Crippen LogP contribution in [0.2, 0.25) is 0 Å². The summed E-state index contributed by atoms with van der Waals surface area (Å²) in [6, 6.07) is 8.67. The summed E-state index contributed by atoms with van der Waals surface area (Å²) in [5, 5.41) is 13.4. The van der Waals surface area contributed by atoms with Gasteiger partial charge in [0.15, 0.2) is 0 Å². The van der Waals surface area contributed by atoms with Gasteiger partial charge in [-0.2, -0.15) is 31.6 Å². The van der Waals surface area contributed by atoms with Gasteiger partial charge in [0, 0.05) is 11.4 Å². The van der Waals surface area contributed by atoms with Crippen LogP contribution in [0.15, 0.2) is 42.5 Å². The quantitative estimate of drug-likeness (QED) is 0.751. The summed E-state index contributed by atoms with van der Waals surface area (Å²) < 4.78 is 76.8. The lowest BCUT2D eigenvalue weighted by atomic mass is 10.1. The molecule has 0 aliphatic heterocycles. The molecule has 142 valence electrons. The lowest BCUT2D eigenvalue weighted by Gasteiger charge is -2.15. The molecule has 0 aliphatic carbocycles. The molecule has 2 aromatic rings. The van der Waals surface area contributed by atoms with Crippen molar-refractivity contribution >= 4 is 17.3 Å². The molecule has 2 aromatic carbocycles. The molecule has 0 heterocycles. The maximum atomic E-state index is 12.8. The van der Waals surface area contributed by atoms with Crippen molar-refractivity contribution < 1.29 is 31.1 Å². The summed E-state index contributed by atoms with van der Waals surface area (Å²) >= 11 is 0. The van der Waals surface area contributed by atoms with Crippen LogP contribution in [0.1, 0.15) is 16.7 Å². The van der Waals surface area contributed by atoms with Crippen molar-refractivity contribution in [1.29, 1.82) is 5.26 Å².